The van der Waals surface area contributed by atoms with Crippen molar-refractivity contribution < 1.29 is 19.7 Å². The number of hydrogen-bond donors (Lipinski definition) is 1. The van der Waals surface area contributed by atoms with Gasteiger partial charge in [-0.1, -0.05) is 17.7 Å². The fraction of sp³-hybridized carbons (Fsp3) is 0. The van der Waals surface area contributed by atoms with Gasteiger partial charge in [-0.2, -0.15) is 9.99 Å². The van der Waals surface area contributed by atoms with Gasteiger partial charge in [0.25, 0.3) is 0 Å². The molecule has 0 unspecified atom stereocenters. The highest BCUT2D eigenvalue weighted by Crippen LogP contribution is 2.12. The van der Waals surface area contributed by atoms with Crippen molar-refractivity contribution in [1.29, 1.82) is 0 Å². The molecule has 20 heavy (non-hydrogen) atoms. The Bertz CT molecular complexity index is 559. The van der Waals surface area contributed by atoms with Gasteiger partial charge in [-0.05, 0) is 56.1 Å². The number of halogens is 3. The fourth-order valence-corrected chi connectivity index (χ4v) is 2.55. The van der Waals surface area contributed by atoms with Crippen LogP contribution in [0.1, 0.15) is 10.4 Å². The lowest BCUT2D eigenvalue weighted by Gasteiger charge is -1.95. The maximum atomic E-state index is 10.6. The quantitative estimate of drug-likeness (QED) is 0.326. The SMILES string of the molecule is O=C(OO)c1cccc(Cl)c1.[O-][n+]1cc(Br)cc(Br)c1. The first kappa shape index (κ1) is 16.9. The molecule has 2 aromatic rings. The molecule has 0 aliphatic rings. The molecular formula is C12H8Br2ClNO4. The summed E-state index contributed by atoms with van der Waals surface area (Å²) < 4.78 is 2.27. The van der Waals surface area contributed by atoms with Gasteiger partial charge in [-0.25, -0.2) is 4.79 Å². The molecule has 106 valence electrons. The molecule has 1 heterocycles. The van der Waals surface area contributed by atoms with Gasteiger partial charge in [0.05, 0.1) is 14.5 Å². The van der Waals surface area contributed by atoms with Crippen molar-refractivity contribution in [1.82, 2.24) is 0 Å². The maximum absolute atomic E-state index is 10.6. The number of rotatable bonds is 1. The molecule has 2 rings (SSSR count). The summed E-state index contributed by atoms with van der Waals surface area (Å²) in [6.07, 6.45) is 2.87. The lowest BCUT2D eigenvalue weighted by Crippen LogP contribution is -2.24. The first-order valence-electron chi connectivity index (χ1n) is 5.08. The zero-order chi connectivity index (χ0) is 15.1. The Morgan fingerprint density at radius 2 is 1.85 bits per heavy atom. The Morgan fingerprint density at radius 1 is 1.25 bits per heavy atom. The summed E-state index contributed by atoms with van der Waals surface area (Å²) in [7, 11) is 0. The molecule has 0 saturated heterocycles. The summed E-state index contributed by atoms with van der Waals surface area (Å²) in [4.78, 5) is 14.1. The van der Waals surface area contributed by atoms with Gasteiger partial charge in [0, 0.05) is 5.02 Å². The van der Waals surface area contributed by atoms with Crippen LogP contribution < -0.4 is 4.73 Å². The minimum Gasteiger partial charge on any atom is -0.619 e. The van der Waals surface area contributed by atoms with Gasteiger partial charge in [0.1, 0.15) is 0 Å². The number of benzene rings is 1. The van der Waals surface area contributed by atoms with E-state index >= 15 is 0 Å². The number of pyridine rings is 1. The average Bonchev–Trinajstić information content (AvgIpc) is 2.37. The highest BCUT2D eigenvalue weighted by Gasteiger charge is 2.05. The third kappa shape index (κ3) is 5.87. The largest absolute Gasteiger partial charge is 0.619 e. The second-order valence-corrected chi connectivity index (χ2v) is 5.69. The Kier molecular flexibility index (Phi) is 6.94. The minimum atomic E-state index is -0.813. The van der Waals surface area contributed by atoms with Crippen LogP contribution in [0, 0.1) is 5.21 Å². The first-order chi connectivity index (χ1) is 9.42. The van der Waals surface area contributed by atoms with E-state index in [1.54, 1.807) is 18.2 Å². The van der Waals surface area contributed by atoms with Crippen LogP contribution in [0.3, 0.4) is 0 Å². The predicted octanol–water partition coefficient (Wildman–Crippen LogP) is 3.81. The van der Waals surface area contributed by atoms with Crippen LogP contribution in [-0.2, 0) is 4.89 Å². The van der Waals surface area contributed by atoms with Gasteiger partial charge in [0.15, 0.2) is 12.4 Å². The van der Waals surface area contributed by atoms with Crippen molar-refractivity contribution in [2.24, 2.45) is 0 Å². The zero-order valence-corrected chi connectivity index (χ0v) is 13.7. The van der Waals surface area contributed by atoms with Crippen LogP contribution in [0.2, 0.25) is 5.02 Å². The number of aromatic nitrogens is 1. The Labute approximate surface area is 136 Å². The minimum absolute atomic E-state index is 0.222. The Balaban J connectivity index is 0.000000204. The van der Waals surface area contributed by atoms with E-state index < -0.39 is 5.97 Å². The molecule has 0 radical (unpaired) electrons. The lowest BCUT2D eigenvalue weighted by molar-refractivity contribution is -0.606. The molecule has 0 spiro atoms. The Morgan fingerprint density at radius 3 is 2.30 bits per heavy atom. The van der Waals surface area contributed by atoms with Crippen molar-refractivity contribution in [2.45, 2.75) is 0 Å². The standard InChI is InChI=1S/C7H5ClO3.C5H3Br2NO/c8-6-3-1-2-5(4-6)7(9)11-10;6-4-1-5(7)3-8(9)2-4/h1-4,10H;1-3H. The van der Waals surface area contributed by atoms with E-state index in [0.717, 1.165) is 13.7 Å². The van der Waals surface area contributed by atoms with Crippen LogP contribution in [0.4, 0.5) is 0 Å². The van der Waals surface area contributed by atoms with Gasteiger partial charge in [-0.15, -0.1) is 0 Å². The number of carbonyl (C=O) groups excluding carboxylic acids is 1. The van der Waals surface area contributed by atoms with Crippen LogP contribution in [0.5, 0.6) is 0 Å². The molecule has 1 N–H and O–H groups in total. The molecule has 0 fully saturated rings. The normalized spacial score (nSPS) is 9.40. The third-order valence-electron chi connectivity index (χ3n) is 1.92. The highest BCUT2D eigenvalue weighted by atomic mass is 79.9. The molecule has 0 bridgehead atoms. The van der Waals surface area contributed by atoms with Crippen molar-refractivity contribution in [2.75, 3.05) is 0 Å². The van der Waals surface area contributed by atoms with E-state index in [1.807, 2.05) is 0 Å². The molecule has 0 saturated carbocycles. The molecule has 8 heteroatoms. The molecule has 0 aliphatic carbocycles. The van der Waals surface area contributed by atoms with Crippen LogP contribution >= 0.6 is 43.5 Å². The van der Waals surface area contributed by atoms with Gasteiger partial charge in [-0.3, -0.25) is 4.89 Å². The predicted molar refractivity (Wildman–Crippen MR) is 80.3 cm³/mol. The van der Waals surface area contributed by atoms with Gasteiger partial charge < -0.3 is 5.21 Å². The summed E-state index contributed by atoms with van der Waals surface area (Å²) in [5.41, 5.74) is 0.222. The van der Waals surface area contributed by atoms with Crippen LogP contribution in [0.15, 0.2) is 51.7 Å². The zero-order valence-electron chi connectivity index (χ0n) is 9.79. The van der Waals surface area contributed by atoms with Crippen molar-refractivity contribution in [3.05, 3.63) is 67.5 Å². The lowest BCUT2D eigenvalue weighted by atomic mass is 10.2. The van der Waals surface area contributed by atoms with E-state index in [4.69, 9.17) is 16.9 Å². The third-order valence-corrected chi connectivity index (χ3v) is 3.02. The molecule has 1 aromatic carbocycles. The molecule has 0 amide bonds. The van der Waals surface area contributed by atoms with Crippen molar-refractivity contribution >= 4 is 49.4 Å². The number of nitrogens with zero attached hydrogens (tertiary/aromatic N) is 1. The molecule has 0 aliphatic heterocycles. The molecular weight excluding hydrogens is 417 g/mol. The van der Waals surface area contributed by atoms with Gasteiger partial charge in [0.2, 0.25) is 0 Å². The van der Waals surface area contributed by atoms with Crippen LogP contribution in [0.25, 0.3) is 0 Å². The van der Waals surface area contributed by atoms with Gasteiger partial charge >= 0.3 is 5.97 Å². The van der Waals surface area contributed by atoms with E-state index in [0.29, 0.717) is 5.02 Å². The van der Waals surface area contributed by atoms with Crippen molar-refractivity contribution in [3.8, 4) is 0 Å². The topological polar surface area (TPSA) is 73.5 Å². The monoisotopic (exact) mass is 423 g/mol. The Hall–Kier alpha value is -1.15. The number of carbonyl (C=O) groups is 1. The summed E-state index contributed by atoms with van der Waals surface area (Å²) in [5.74, 6) is -0.813. The average molecular weight is 425 g/mol. The maximum Gasteiger partial charge on any atom is 0.372 e. The first-order valence-corrected chi connectivity index (χ1v) is 7.05. The van der Waals surface area contributed by atoms with E-state index in [-0.39, 0.29) is 5.56 Å². The fourth-order valence-electron chi connectivity index (χ4n) is 1.15. The second kappa shape index (κ2) is 8.21. The van der Waals surface area contributed by atoms with E-state index in [2.05, 4.69) is 36.7 Å². The van der Waals surface area contributed by atoms with Crippen molar-refractivity contribution in [3.63, 3.8) is 0 Å². The summed E-state index contributed by atoms with van der Waals surface area (Å²) in [5, 5.41) is 19.0. The second-order valence-electron chi connectivity index (χ2n) is 3.42. The summed E-state index contributed by atoms with van der Waals surface area (Å²) >= 11 is 11.9. The number of hydrogen-bond acceptors (Lipinski definition) is 4. The van der Waals surface area contributed by atoms with Crippen LogP contribution in [-0.4, -0.2) is 11.2 Å². The summed E-state index contributed by atoms with van der Waals surface area (Å²) in [6, 6.07) is 7.91. The molecule has 0 atom stereocenters. The van der Waals surface area contributed by atoms with E-state index in [1.165, 1.54) is 24.5 Å². The summed E-state index contributed by atoms with van der Waals surface area (Å²) in [6.45, 7) is 0. The smallest absolute Gasteiger partial charge is 0.372 e. The molecule has 1 aromatic heterocycles. The van der Waals surface area contributed by atoms with E-state index in [9.17, 15) is 10.0 Å². The highest BCUT2D eigenvalue weighted by molar-refractivity contribution is 9.11. The molecule has 5 nitrogen and oxygen atoms in total.